The summed E-state index contributed by atoms with van der Waals surface area (Å²) in [6, 6.07) is 21.6. The molecule has 1 aliphatic rings. The van der Waals surface area contributed by atoms with E-state index in [0.29, 0.717) is 35.0 Å². The molecule has 1 heterocycles. The molecule has 9 heteroatoms. The highest BCUT2D eigenvalue weighted by Gasteiger charge is 2.16. The first-order valence-electron chi connectivity index (χ1n) is 10.2. The van der Waals surface area contributed by atoms with E-state index in [4.69, 9.17) is 26.4 Å². The molecular weight excluding hydrogens is 442 g/mol. The van der Waals surface area contributed by atoms with Crippen LogP contribution in [0.1, 0.15) is 26.3 Å². The van der Waals surface area contributed by atoms with Gasteiger partial charge in [-0.05, 0) is 60.2 Å². The topological polar surface area (TPSA) is 97.9 Å². The lowest BCUT2D eigenvalue weighted by molar-refractivity contribution is 0.0934. The van der Waals surface area contributed by atoms with Gasteiger partial charge in [-0.3, -0.25) is 25.8 Å². The summed E-state index contributed by atoms with van der Waals surface area (Å²) < 4.78 is 16.2. The Morgan fingerprint density at radius 2 is 1.58 bits per heavy atom. The van der Waals surface area contributed by atoms with E-state index in [9.17, 15) is 9.59 Å². The summed E-state index contributed by atoms with van der Waals surface area (Å²) >= 11 is 5.08. The van der Waals surface area contributed by atoms with Gasteiger partial charge >= 0.3 is 0 Å². The smallest absolute Gasteiger partial charge is 0.269 e. The van der Waals surface area contributed by atoms with Crippen molar-refractivity contribution < 1.29 is 23.8 Å². The van der Waals surface area contributed by atoms with Crippen LogP contribution in [-0.2, 0) is 6.42 Å². The Hall–Kier alpha value is -4.11. The van der Waals surface area contributed by atoms with Gasteiger partial charge in [0.2, 0.25) is 6.79 Å². The lowest BCUT2D eigenvalue weighted by Crippen LogP contribution is -2.48. The largest absolute Gasteiger partial charge is 0.493 e. The van der Waals surface area contributed by atoms with Gasteiger partial charge < -0.3 is 14.2 Å². The molecule has 3 N–H and O–H groups in total. The van der Waals surface area contributed by atoms with E-state index in [0.717, 1.165) is 6.42 Å². The highest BCUT2D eigenvalue weighted by atomic mass is 32.1. The first-order chi connectivity index (χ1) is 16.1. The molecule has 8 nitrogen and oxygen atoms in total. The minimum atomic E-state index is -0.443. The van der Waals surface area contributed by atoms with Crippen LogP contribution in [0.2, 0.25) is 0 Å². The minimum Gasteiger partial charge on any atom is -0.493 e. The molecule has 4 rings (SSSR count). The summed E-state index contributed by atoms with van der Waals surface area (Å²) in [5.41, 5.74) is 6.88. The van der Waals surface area contributed by atoms with Crippen molar-refractivity contribution in [2.75, 3.05) is 13.4 Å². The number of amides is 2. The summed E-state index contributed by atoms with van der Waals surface area (Å²) in [6.07, 6.45) is 0.793. The maximum absolute atomic E-state index is 12.4. The van der Waals surface area contributed by atoms with Crippen molar-refractivity contribution in [2.24, 2.45) is 0 Å². The monoisotopic (exact) mass is 463 g/mol. The van der Waals surface area contributed by atoms with Crippen LogP contribution in [0.15, 0.2) is 72.8 Å². The summed E-state index contributed by atoms with van der Waals surface area (Å²) in [4.78, 5) is 24.6. The third kappa shape index (κ3) is 5.98. The van der Waals surface area contributed by atoms with Crippen molar-refractivity contribution in [2.45, 2.75) is 6.42 Å². The fraction of sp³-hybridized carbons (Fsp3) is 0.125. The highest BCUT2D eigenvalue weighted by molar-refractivity contribution is 7.80. The van der Waals surface area contributed by atoms with Crippen LogP contribution in [0, 0.1) is 0 Å². The number of benzene rings is 3. The van der Waals surface area contributed by atoms with Crippen molar-refractivity contribution in [1.29, 1.82) is 0 Å². The van der Waals surface area contributed by atoms with Crippen molar-refractivity contribution in [3.05, 3.63) is 89.5 Å². The predicted molar refractivity (Wildman–Crippen MR) is 125 cm³/mol. The van der Waals surface area contributed by atoms with Crippen LogP contribution >= 0.6 is 12.2 Å². The molecule has 0 spiro atoms. The van der Waals surface area contributed by atoms with Gasteiger partial charge in [0.25, 0.3) is 11.8 Å². The molecule has 168 valence electrons. The third-order valence-electron chi connectivity index (χ3n) is 4.77. The van der Waals surface area contributed by atoms with Crippen LogP contribution < -0.4 is 30.4 Å². The van der Waals surface area contributed by atoms with Crippen molar-refractivity contribution in [3.8, 4) is 17.2 Å². The fourth-order valence-electron chi connectivity index (χ4n) is 3.06. The Kier molecular flexibility index (Phi) is 7.01. The maximum Gasteiger partial charge on any atom is 0.269 e. The molecule has 0 radical (unpaired) electrons. The zero-order valence-electron chi connectivity index (χ0n) is 17.5. The van der Waals surface area contributed by atoms with Gasteiger partial charge in [-0.15, -0.1) is 0 Å². The number of carbonyl (C=O) groups excluding carboxylic acids is 2. The number of thiocarbonyl (C=S) groups is 1. The van der Waals surface area contributed by atoms with Gasteiger partial charge in [0.15, 0.2) is 16.6 Å². The van der Waals surface area contributed by atoms with E-state index in [2.05, 4.69) is 16.2 Å². The Bertz CT molecular complexity index is 1150. The van der Waals surface area contributed by atoms with E-state index in [-0.39, 0.29) is 11.9 Å². The predicted octanol–water partition coefficient (Wildman–Crippen LogP) is 2.99. The summed E-state index contributed by atoms with van der Waals surface area (Å²) in [5, 5.41) is 2.47. The van der Waals surface area contributed by atoms with Crippen LogP contribution in [0.25, 0.3) is 0 Å². The van der Waals surface area contributed by atoms with Gasteiger partial charge in [-0.25, -0.2) is 0 Å². The van der Waals surface area contributed by atoms with Gasteiger partial charge in [-0.1, -0.05) is 30.3 Å². The molecule has 0 saturated heterocycles. The number of carbonyl (C=O) groups is 2. The lowest BCUT2D eigenvalue weighted by atomic mass is 10.2. The molecule has 0 unspecified atom stereocenters. The Morgan fingerprint density at radius 1 is 0.848 bits per heavy atom. The summed E-state index contributed by atoms with van der Waals surface area (Å²) in [5.74, 6) is 0.877. The molecule has 0 atom stereocenters. The number of hydrazine groups is 1. The molecule has 0 aliphatic carbocycles. The average molecular weight is 464 g/mol. The van der Waals surface area contributed by atoms with E-state index in [1.165, 1.54) is 5.56 Å². The summed E-state index contributed by atoms with van der Waals surface area (Å²) in [6.45, 7) is 0.655. The number of rotatable bonds is 6. The quantitative estimate of drug-likeness (QED) is 0.382. The molecule has 3 aromatic carbocycles. The highest BCUT2D eigenvalue weighted by Crippen LogP contribution is 2.32. The second-order valence-corrected chi connectivity index (χ2v) is 7.45. The molecule has 0 aromatic heterocycles. The van der Waals surface area contributed by atoms with Crippen LogP contribution in [-0.4, -0.2) is 30.3 Å². The Labute approximate surface area is 195 Å². The van der Waals surface area contributed by atoms with Gasteiger partial charge in [0.05, 0.1) is 6.61 Å². The normalized spacial score (nSPS) is 11.4. The lowest BCUT2D eigenvalue weighted by Gasteiger charge is -2.11. The number of fused-ring (bicyclic) bond motifs is 1. The number of hydrogen-bond donors (Lipinski definition) is 3. The van der Waals surface area contributed by atoms with E-state index in [1.54, 1.807) is 42.5 Å². The third-order valence-corrected chi connectivity index (χ3v) is 4.97. The molecule has 2 amide bonds. The number of nitrogens with one attached hydrogen (secondary N) is 3. The first-order valence-corrected chi connectivity index (χ1v) is 10.6. The molecule has 0 bridgehead atoms. The molecule has 0 fully saturated rings. The number of ether oxygens (including phenoxy) is 3. The molecule has 0 saturated carbocycles. The van der Waals surface area contributed by atoms with Crippen molar-refractivity contribution >= 4 is 29.1 Å². The van der Waals surface area contributed by atoms with E-state index < -0.39 is 11.8 Å². The average Bonchev–Trinajstić information content (AvgIpc) is 3.31. The zero-order chi connectivity index (χ0) is 23.0. The maximum atomic E-state index is 12.4. The van der Waals surface area contributed by atoms with Crippen LogP contribution in [0.5, 0.6) is 17.2 Å². The Morgan fingerprint density at radius 3 is 2.36 bits per heavy atom. The van der Waals surface area contributed by atoms with Gasteiger partial charge in [0, 0.05) is 17.5 Å². The Balaban J connectivity index is 1.21. The fourth-order valence-corrected chi connectivity index (χ4v) is 3.21. The van der Waals surface area contributed by atoms with Gasteiger partial charge in [-0.2, -0.15) is 0 Å². The second-order valence-electron chi connectivity index (χ2n) is 7.04. The SMILES string of the molecule is O=C(NNC(=S)NC(=O)c1ccc(OCCc2ccccc2)cc1)c1ccc2c(c1)OCO2. The standard InChI is InChI=1S/C24H21N3O5S/c28-22(17-6-9-19(10-7-17)30-13-12-16-4-2-1-3-5-16)25-24(33)27-26-23(29)18-8-11-20-21(14-18)32-15-31-20/h1-11,14H,12-13,15H2,(H,26,29)(H2,25,27,28,33). The molecule has 1 aliphatic heterocycles. The second kappa shape index (κ2) is 10.5. The first kappa shape index (κ1) is 22.1. The molecule has 33 heavy (non-hydrogen) atoms. The minimum absolute atomic E-state index is 0.0442. The van der Waals surface area contributed by atoms with Crippen molar-refractivity contribution in [3.63, 3.8) is 0 Å². The number of hydrogen-bond acceptors (Lipinski definition) is 6. The van der Waals surface area contributed by atoms with Gasteiger partial charge in [0.1, 0.15) is 5.75 Å². The molecule has 3 aromatic rings. The van der Waals surface area contributed by atoms with Crippen molar-refractivity contribution in [1.82, 2.24) is 16.2 Å². The molecular formula is C24H21N3O5S. The summed E-state index contributed by atoms with van der Waals surface area (Å²) in [7, 11) is 0. The zero-order valence-corrected chi connectivity index (χ0v) is 18.3. The van der Waals surface area contributed by atoms with Crippen LogP contribution in [0.4, 0.5) is 0 Å². The van der Waals surface area contributed by atoms with E-state index >= 15 is 0 Å². The van der Waals surface area contributed by atoms with E-state index in [1.807, 2.05) is 30.3 Å². The van der Waals surface area contributed by atoms with Crippen LogP contribution in [0.3, 0.4) is 0 Å².